The van der Waals surface area contributed by atoms with Crippen LogP contribution in [0, 0.1) is 12.8 Å². The number of nitrogens with two attached hydrogens (primary N) is 1. The van der Waals surface area contributed by atoms with E-state index >= 15 is 0 Å². The fourth-order valence-electron chi connectivity index (χ4n) is 4.55. The highest BCUT2D eigenvalue weighted by Gasteiger charge is 2.41. The number of carbonyl (C=O) groups excluding carboxylic acids is 1. The number of rotatable bonds is 7. The molecule has 1 aliphatic rings. The van der Waals surface area contributed by atoms with Crippen LogP contribution in [-0.2, 0) is 10.0 Å². The van der Waals surface area contributed by atoms with E-state index in [9.17, 15) is 13.2 Å². The molecule has 3 aromatic rings. The summed E-state index contributed by atoms with van der Waals surface area (Å²) < 4.78 is 28.0. The van der Waals surface area contributed by atoms with Gasteiger partial charge < -0.3 is 16.0 Å². The summed E-state index contributed by atoms with van der Waals surface area (Å²) >= 11 is 0. The van der Waals surface area contributed by atoms with Crippen LogP contribution >= 0.6 is 0 Å². The molecule has 0 aromatic carbocycles. The molecule has 0 spiro atoms. The minimum atomic E-state index is -4.25. The molecule has 4 N–H and O–H groups in total. The van der Waals surface area contributed by atoms with E-state index in [1.54, 1.807) is 18.3 Å². The van der Waals surface area contributed by atoms with Gasteiger partial charge in [-0.2, -0.15) is 8.42 Å². The maximum atomic E-state index is 13.4. The van der Waals surface area contributed by atoms with Crippen LogP contribution in [0.5, 0.6) is 0 Å². The Morgan fingerprint density at radius 2 is 1.92 bits per heavy atom. The molecule has 11 heteroatoms. The molecule has 0 radical (unpaired) electrons. The standard InChI is InChI=1S/C27H35N7O3S/c1-16(2)30-24-17(3)14-19(15-29-24)21-11-10-20(25(31-21)34-13-12-18(4)27(34,5)6)26(35)33-38(36,37)23-9-7-8-22(28)32-23/h7-11,14-16,18H,12-13H2,1-6H3,(H2,28,32)(H,29,30)(H,33,35). The first-order valence-electron chi connectivity index (χ1n) is 12.6. The largest absolute Gasteiger partial charge is 0.384 e. The highest BCUT2D eigenvalue weighted by atomic mass is 32.2. The number of anilines is 3. The Kier molecular flexibility index (Phi) is 7.33. The van der Waals surface area contributed by atoms with Crippen LogP contribution < -0.4 is 20.7 Å². The molecule has 1 amide bonds. The summed E-state index contributed by atoms with van der Waals surface area (Å²) in [6.45, 7) is 13.1. The molecule has 1 aliphatic heterocycles. The third kappa shape index (κ3) is 5.42. The Labute approximate surface area is 224 Å². The van der Waals surface area contributed by atoms with Crippen molar-refractivity contribution in [3.63, 3.8) is 0 Å². The monoisotopic (exact) mass is 537 g/mol. The first-order valence-corrected chi connectivity index (χ1v) is 14.1. The number of pyridine rings is 3. The average molecular weight is 538 g/mol. The molecule has 10 nitrogen and oxygen atoms in total. The third-order valence-electron chi connectivity index (χ3n) is 7.11. The highest BCUT2D eigenvalue weighted by Crippen LogP contribution is 2.39. The zero-order chi connectivity index (χ0) is 27.8. The number of aromatic nitrogens is 3. The van der Waals surface area contributed by atoms with E-state index in [2.05, 4.69) is 59.5 Å². The summed E-state index contributed by atoms with van der Waals surface area (Å²) in [5, 5.41) is 2.99. The average Bonchev–Trinajstić information content (AvgIpc) is 3.11. The molecule has 4 heterocycles. The van der Waals surface area contributed by atoms with Crippen molar-refractivity contribution in [2.24, 2.45) is 5.92 Å². The van der Waals surface area contributed by atoms with Gasteiger partial charge in [-0.3, -0.25) is 4.79 Å². The van der Waals surface area contributed by atoms with E-state index in [0.29, 0.717) is 24.0 Å². The van der Waals surface area contributed by atoms with Crippen molar-refractivity contribution in [1.29, 1.82) is 0 Å². The lowest BCUT2D eigenvalue weighted by Crippen LogP contribution is -2.43. The Bertz CT molecular complexity index is 1470. The van der Waals surface area contributed by atoms with Crippen molar-refractivity contribution in [2.45, 2.75) is 64.6 Å². The van der Waals surface area contributed by atoms with Crippen LogP contribution in [0.1, 0.15) is 57.0 Å². The van der Waals surface area contributed by atoms with Gasteiger partial charge in [-0.05, 0) is 82.9 Å². The number of hydrogen-bond donors (Lipinski definition) is 3. The lowest BCUT2D eigenvalue weighted by molar-refractivity contribution is 0.0981. The fourth-order valence-corrected chi connectivity index (χ4v) is 5.49. The van der Waals surface area contributed by atoms with Gasteiger partial charge in [0, 0.05) is 29.9 Å². The topological polar surface area (TPSA) is 143 Å². The number of amides is 1. The quantitative estimate of drug-likeness (QED) is 0.407. The zero-order valence-corrected chi connectivity index (χ0v) is 23.4. The third-order valence-corrected chi connectivity index (χ3v) is 8.34. The predicted molar refractivity (Wildman–Crippen MR) is 149 cm³/mol. The Morgan fingerprint density at radius 3 is 2.53 bits per heavy atom. The number of hydrogen-bond acceptors (Lipinski definition) is 9. The second-order valence-electron chi connectivity index (χ2n) is 10.6. The van der Waals surface area contributed by atoms with E-state index in [-0.39, 0.29) is 28.0 Å². The van der Waals surface area contributed by atoms with Crippen molar-refractivity contribution < 1.29 is 13.2 Å². The molecular weight excluding hydrogens is 502 g/mol. The summed E-state index contributed by atoms with van der Waals surface area (Å²) in [5.74, 6) is 0.819. The van der Waals surface area contributed by atoms with Crippen LogP contribution in [0.4, 0.5) is 17.5 Å². The molecule has 3 aromatic heterocycles. The number of nitrogens with one attached hydrogen (secondary N) is 2. The van der Waals surface area contributed by atoms with E-state index in [1.165, 1.54) is 18.2 Å². The smallest absolute Gasteiger partial charge is 0.281 e. The lowest BCUT2D eigenvalue weighted by Gasteiger charge is -2.36. The van der Waals surface area contributed by atoms with Crippen molar-refractivity contribution in [1.82, 2.24) is 19.7 Å². The number of aryl methyl sites for hydroxylation is 1. The molecule has 0 bridgehead atoms. The second kappa shape index (κ2) is 10.2. The van der Waals surface area contributed by atoms with Gasteiger partial charge in [-0.25, -0.2) is 19.7 Å². The number of carbonyl (C=O) groups is 1. The van der Waals surface area contributed by atoms with Gasteiger partial charge >= 0.3 is 0 Å². The lowest BCUT2D eigenvalue weighted by atomic mass is 9.90. The Hall–Kier alpha value is -3.73. The van der Waals surface area contributed by atoms with Crippen molar-refractivity contribution in [3.8, 4) is 11.3 Å². The SMILES string of the molecule is Cc1cc(-c2ccc(C(=O)NS(=O)(=O)c3cccc(N)n3)c(N3CCC(C)C3(C)C)n2)cnc1NC(C)C. The van der Waals surface area contributed by atoms with Crippen LogP contribution in [0.15, 0.2) is 47.6 Å². The summed E-state index contributed by atoms with van der Waals surface area (Å²) in [6, 6.07) is 9.79. The van der Waals surface area contributed by atoms with Gasteiger partial charge in [0.2, 0.25) is 0 Å². The maximum absolute atomic E-state index is 13.4. The molecule has 1 saturated heterocycles. The van der Waals surface area contributed by atoms with Gasteiger partial charge in [-0.1, -0.05) is 13.0 Å². The fraction of sp³-hybridized carbons (Fsp3) is 0.407. The Morgan fingerprint density at radius 1 is 1.18 bits per heavy atom. The van der Waals surface area contributed by atoms with Crippen LogP contribution in [0.3, 0.4) is 0 Å². The van der Waals surface area contributed by atoms with E-state index in [0.717, 1.165) is 23.4 Å². The summed E-state index contributed by atoms with van der Waals surface area (Å²) in [6.07, 6.45) is 2.67. The molecule has 1 atom stereocenters. The summed E-state index contributed by atoms with van der Waals surface area (Å²) in [5.41, 5.74) is 7.91. The van der Waals surface area contributed by atoms with Crippen molar-refractivity contribution in [3.05, 3.63) is 53.7 Å². The Balaban J connectivity index is 1.76. The molecule has 38 heavy (non-hydrogen) atoms. The second-order valence-corrected chi connectivity index (χ2v) is 12.2. The first kappa shape index (κ1) is 27.3. The summed E-state index contributed by atoms with van der Waals surface area (Å²) in [4.78, 5) is 28.8. The zero-order valence-electron chi connectivity index (χ0n) is 22.6. The predicted octanol–water partition coefficient (Wildman–Crippen LogP) is 3.99. The normalized spacial score (nSPS) is 17.0. The van der Waals surface area contributed by atoms with Crippen molar-refractivity contribution in [2.75, 3.05) is 22.5 Å². The van der Waals surface area contributed by atoms with Crippen LogP contribution in [0.2, 0.25) is 0 Å². The minimum absolute atomic E-state index is 0.0401. The highest BCUT2D eigenvalue weighted by molar-refractivity contribution is 7.90. The van der Waals surface area contributed by atoms with Gasteiger partial charge in [0.15, 0.2) is 5.03 Å². The van der Waals surface area contributed by atoms with E-state index in [4.69, 9.17) is 10.7 Å². The van der Waals surface area contributed by atoms with E-state index in [1.807, 2.05) is 13.0 Å². The van der Waals surface area contributed by atoms with Gasteiger partial charge in [0.1, 0.15) is 17.5 Å². The number of nitrogens with zero attached hydrogens (tertiary/aromatic N) is 4. The van der Waals surface area contributed by atoms with E-state index < -0.39 is 15.9 Å². The maximum Gasteiger partial charge on any atom is 0.281 e. The van der Waals surface area contributed by atoms with Crippen LogP contribution in [-0.4, -0.2) is 47.4 Å². The first-order chi connectivity index (χ1) is 17.8. The minimum Gasteiger partial charge on any atom is -0.384 e. The van der Waals surface area contributed by atoms with Gasteiger partial charge in [0.05, 0.1) is 11.3 Å². The number of sulfonamides is 1. The molecular formula is C27H35N7O3S. The van der Waals surface area contributed by atoms with Crippen molar-refractivity contribution >= 4 is 33.4 Å². The van der Waals surface area contributed by atoms with Gasteiger partial charge in [0.25, 0.3) is 15.9 Å². The molecule has 1 fully saturated rings. The molecule has 1 unspecified atom stereocenters. The molecule has 0 saturated carbocycles. The molecule has 4 rings (SSSR count). The molecule has 202 valence electrons. The molecule has 0 aliphatic carbocycles. The van der Waals surface area contributed by atoms with Gasteiger partial charge in [-0.15, -0.1) is 0 Å². The summed E-state index contributed by atoms with van der Waals surface area (Å²) in [7, 11) is -4.25. The van der Waals surface area contributed by atoms with Crippen LogP contribution in [0.25, 0.3) is 11.3 Å². The number of nitrogen functional groups attached to an aromatic ring is 1.